The van der Waals surface area contributed by atoms with Gasteiger partial charge >= 0.3 is 0 Å². The van der Waals surface area contributed by atoms with E-state index in [0.717, 1.165) is 0 Å². The van der Waals surface area contributed by atoms with E-state index in [-0.39, 0.29) is 10.8 Å². The van der Waals surface area contributed by atoms with Gasteiger partial charge in [0.1, 0.15) is 4.75 Å². The molecule has 2 atom stereocenters. The third kappa shape index (κ3) is 4.45. The lowest BCUT2D eigenvalue weighted by Gasteiger charge is -2.25. The van der Waals surface area contributed by atoms with Crippen molar-refractivity contribution in [3.63, 3.8) is 0 Å². The van der Waals surface area contributed by atoms with Crippen LogP contribution in [0.1, 0.15) is 27.7 Å². The molecule has 3 heteroatoms. The van der Waals surface area contributed by atoms with Crippen LogP contribution in [0.2, 0.25) is 0 Å². The second-order valence-electron chi connectivity index (χ2n) is 3.52. The predicted octanol–water partition coefficient (Wildman–Crippen LogP) is 1.61. The van der Waals surface area contributed by atoms with Crippen LogP contribution in [0.25, 0.3) is 0 Å². The van der Waals surface area contributed by atoms with Crippen molar-refractivity contribution in [3.05, 3.63) is 12.7 Å². The van der Waals surface area contributed by atoms with E-state index in [4.69, 9.17) is 0 Å². The van der Waals surface area contributed by atoms with Gasteiger partial charge in [-0.05, 0) is 27.7 Å². The largest absolute Gasteiger partial charge is 0.598 e. The normalized spacial score (nSPS) is 17.5. The molecule has 0 amide bonds. The van der Waals surface area contributed by atoms with E-state index in [2.05, 4.69) is 11.3 Å². The van der Waals surface area contributed by atoms with Crippen LogP contribution in [0.15, 0.2) is 12.7 Å². The molecule has 2 nitrogen and oxygen atoms in total. The lowest BCUT2D eigenvalue weighted by molar-refractivity contribution is 0.539. The van der Waals surface area contributed by atoms with Crippen LogP contribution in [-0.4, -0.2) is 15.3 Å². The Morgan fingerprint density at radius 3 is 2.27 bits per heavy atom. The minimum atomic E-state index is -0.989. The maximum absolute atomic E-state index is 11.4. The van der Waals surface area contributed by atoms with Gasteiger partial charge in [-0.15, -0.1) is 11.3 Å². The second-order valence-corrected chi connectivity index (χ2v) is 5.52. The van der Waals surface area contributed by atoms with Crippen molar-refractivity contribution in [2.45, 2.75) is 38.5 Å². The van der Waals surface area contributed by atoms with E-state index in [1.165, 1.54) is 0 Å². The number of hydrogen-bond acceptors (Lipinski definition) is 2. The molecule has 0 heterocycles. The molecule has 0 aliphatic heterocycles. The highest BCUT2D eigenvalue weighted by molar-refractivity contribution is 7.90. The number of rotatable bonds is 3. The monoisotopic (exact) mass is 175 g/mol. The fourth-order valence-electron chi connectivity index (χ4n) is 0.394. The van der Waals surface area contributed by atoms with E-state index < -0.39 is 11.4 Å². The van der Waals surface area contributed by atoms with Crippen LogP contribution < -0.4 is 4.72 Å². The molecule has 0 radical (unpaired) electrons. The van der Waals surface area contributed by atoms with Crippen molar-refractivity contribution in [2.24, 2.45) is 0 Å². The molecule has 0 saturated heterocycles. The van der Waals surface area contributed by atoms with Crippen molar-refractivity contribution in [3.8, 4) is 0 Å². The molecule has 1 unspecified atom stereocenters. The maximum atomic E-state index is 11.4. The van der Waals surface area contributed by atoms with E-state index in [1.807, 2.05) is 27.7 Å². The van der Waals surface area contributed by atoms with Gasteiger partial charge in [0.25, 0.3) is 0 Å². The zero-order valence-electron chi connectivity index (χ0n) is 7.68. The fraction of sp³-hybridized carbons (Fsp3) is 0.750. The van der Waals surface area contributed by atoms with Gasteiger partial charge in [-0.1, -0.05) is 6.08 Å². The minimum absolute atomic E-state index is 0.107. The van der Waals surface area contributed by atoms with Crippen LogP contribution >= 0.6 is 0 Å². The molecule has 0 spiro atoms. The van der Waals surface area contributed by atoms with Gasteiger partial charge in [0.15, 0.2) is 0 Å². The van der Waals surface area contributed by atoms with Gasteiger partial charge < -0.3 is 4.55 Å². The smallest absolute Gasteiger partial charge is 0.136 e. The SMILES string of the molecule is C=C[C@@H](C)N[S+]([O-])C(C)(C)C. The van der Waals surface area contributed by atoms with Crippen LogP contribution in [-0.2, 0) is 11.4 Å². The van der Waals surface area contributed by atoms with Crippen LogP contribution in [0.4, 0.5) is 0 Å². The number of nitrogens with one attached hydrogen (secondary N) is 1. The first-order valence-corrected chi connectivity index (χ1v) is 4.83. The molecule has 0 aliphatic rings. The molecule has 11 heavy (non-hydrogen) atoms. The summed E-state index contributed by atoms with van der Waals surface area (Å²) >= 11 is -0.989. The molecule has 0 aromatic heterocycles. The topological polar surface area (TPSA) is 35.1 Å². The minimum Gasteiger partial charge on any atom is -0.598 e. The Bertz CT molecular complexity index is 131. The highest BCUT2D eigenvalue weighted by atomic mass is 32.2. The van der Waals surface area contributed by atoms with Crippen LogP contribution in [0.3, 0.4) is 0 Å². The maximum Gasteiger partial charge on any atom is 0.136 e. The van der Waals surface area contributed by atoms with Gasteiger partial charge in [0.2, 0.25) is 0 Å². The van der Waals surface area contributed by atoms with Gasteiger partial charge in [0.05, 0.1) is 6.04 Å². The van der Waals surface area contributed by atoms with Crippen molar-refractivity contribution in [1.29, 1.82) is 0 Å². The summed E-state index contributed by atoms with van der Waals surface area (Å²) in [6.07, 6.45) is 1.74. The van der Waals surface area contributed by atoms with Crippen molar-refractivity contribution < 1.29 is 4.55 Å². The average Bonchev–Trinajstić information content (AvgIpc) is 1.85. The van der Waals surface area contributed by atoms with Gasteiger partial charge in [-0.2, -0.15) is 0 Å². The Morgan fingerprint density at radius 1 is 1.55 bits per heavy atom. The summed E-state index contributed by atoms with van der Waals surface area (Å²) in [7, 11) is 0. The third-order valence-corrected chi connectivity index (χ3v) is 2.90. The zero-order valence-corrected chi connectivity index (χ0v) is 8.49. The molecule has 0 saturated carbocycles. The summed E-state index contributed by atoms with van der Waals surface area (Å²) in [5, 5.41) is 0. The summed E-state index contributed by atoms with van der Waals surface area (Å²) < 4.78 is 14.1. The van der Waals surface area contributed by atoms with Gasteiger partial charge in [-0.3, -0.25) is 0 Å². The molecule has 0 aliphatic carbocycles. The molecular formula is C8H17NOS. The molecule has 0 fully saturated rings. The van der Waals surface area contributed by atoms with Crippen LogP contribution in [0.5, 0.6) is 0 Å². The Kier molecular flexibility index (Phi) is 4.14. The first-order valence-electron chi connectivity index (χ1n) is 3.68. The zero-order chi connectivity index (χ0) is 9.07. The highest BCUT2D eigenvalue weighted by Crippen LogP contribution is 2.13. The summed E-state index contributed by atoms with van der Waals surface area (Å²) in [5.41, 5.74) is 0. The first-order chi connectivity index (χ1) is 4.88. The summed E-state index contributed by atoms with van der Waals surface area (Å²) in [6.45, 7) is 11.3. The van der Waals surface area contributed by atoms with E-state index >= 15 is 0 Å². The van der Waals surface area contributed by atoms with Crippen molar-refractivity contribution in [2.75, 3.05) is 0 Å². The molecule has 1 N–H and O–H groups in total. The lowest BCUT2D eigenvalue weighted by atomic mass is 10.3. The molecular weight excluding hydrogens is 158 g/mol. The molecule has 0 bridgehead atoms. The standard InChI is InChI=1S/C8H17NOS/c1-6-7(2)9-11(10)8(3,4)5/h6-7,9H,1H2,2-5H3/t7-,11?/m1/s1. The molecule has 66 valence electrons. The quantitative estimate of drug-likeness (QED) is 0.522. The highest BCUT2D eigenvalue weighted by Gasteiger charge is 2.26. The predicted molar refractivity (Wildman–Crippen MR) is 50.7 cm³/mol. The van der Waals surface area contributed by atoms with Crippen LogP contribution in [0, 0.1) is 0 Å². The summed E-state index contributed by atoms with van der Waals surface area (Å²) in [5.74, 6) is 0. The van der Waals surface area contributed by atoms with E-state index in [0.29, 0.717) is 0 Å². The Balaban J connectivity index is 3.87. The summed E-state index contributed by atoms with van der Waals surface area (Å²) in [6, 6.07) is 0.107. The average molecular weight is 175 g/mol. The fourth-order valence-corrected chi connectivity index (χ4v) is 1.18. The molecule has 0 aromatic carbocycles. The van der Waals surface area contributed by atoms with Crippen molar-refractivity contribution in [1.82, 2.24) is 4.72 Å². The van der Waals surface area contributed by atoms with Crippen molar-refractivity contribution >= 4 is 11.4 Å². The Labute approximate surface area is 72.4 Å². The Hall–Kier alpha value is 0.01000. The lowest BCUT2D eigenvalue weighted by Crippen LogP contribution is -2.42. The third-order valence-electron chi connectivity index (χ3n) is 1.20. The summed E-state index contributed by atoms with van der Waals surface area (Å²) in [4.78, 5) is 0. The van der Waals surface area contributed by atoms with E-state index in [1.54, 1.807) is 6.08 Å². The van der Waals surface area contributed by atoms with Gasteiger partial charge in [0, 0.05) is 11.4 Å². The Morgan fingerprint density at radius 2 is 2.00 bits per heavy atom. The van der Waals surface area contributed by atoms with Gasteiger partial charge in [-0.25, -0.2) is 0 Å². The second kappa shape index (κ2) is 4.14. The first kappa shape index (κ1) is 11.0. The molecule has 0 rings (SSSR count). The van der Waals surface area contributed by atoms with E-state index in [9.17, 15) is 4.55 Å². The molecule has 0 aromatic rings. The number of hydrogen-bond donors (Lipinski definition) is 1.